The normalized spacial score (nSPS) is 19.9. The molecule has 0 spiro atoms. The molecule has 0 aromatic carbocycles. The molecule has 6 heteroatoms. The van der Waals surface area contributed by atoms with E-state index in [-0.39, 0.29) is 0 Å². The van der Waals surface area contributed by atoms with Gasteiger partial charge >= 0.3 is 0 Å². The number of nitrogens with one attached hydrogen (secondary N) is 2. The van der Waals surface area contributed by atoms with Crippen molar-refractivity contribution in [2.75, 3.05) is 6.54 Å². The second-order valence-electron chi connectivity index (χ2n) is 7.37. The van der Waals surface area contributed by atoms with Gasteiger partial charge in [0.1, 0.15) is 6.10 Å². The van der Waals surface area contributed by atoms with Crippen LogP contribution < -0.4 is 15.4 Å². The van der Waals surface area contributed by atoms with Crippen LogP contribution in [0.25, 0.3) is 0 Å². The van der Waals surface area contributed by atoms with Gasteiger partial charge in [0.2, 0.25) is 5.88 Å². The maximum absolute atomic E-state index is 6.10. The maximum Gasteiger partial charge on any atom is 0.213 e. The van der Waals surface area contributed by atoms with Crippen molar-refractivity contribution < 1.29 is 4.74 Å². The molecule has 1 aliphatic rings. The van der Waals surface area contributed by atoms with E-state index in [1.165, 1.54) is 12.8 Å². The summed E-state index contributed by atoms with van der Waals surface area (Å²) in [5.74, 6) is 2.30. The fraction of sp³-hybridized carbons (Fsp3) is 0.500. The molecule has 2 aromatic rings. The summed E-state index contributed by atoms with van der Waals surface area (Å²) in [7, 11) is 0. The first-order chi connectivity index (χ1) is 13.7. The minimum absolute atomic E-state index is 0.291. The maximum atomic E-state index is 6.10. The lowest BCUT2D eigenvalue weighted by Gasteiger charge is -2.26. The van der Waals surface area contributed by atoms with Crippen molar-refractivity contribution in [2.45, 2.75) is 58.7 Å². The van der Waals surface area contributed by atoms with Crippen LogP contribution in [0.1, 0.15) is 50.8 Å². The summed E-state index contributed by atoms with van der Waals surface area (Å²) < 4.78 is 6.10. The number of pyridine rings is 2. The lowest BCUT2D eigenvalue weighted by Crippen LogP contribution is -2.37. The average molecular weight is 382 g/mol. The number of ether oxygens (including phenoxy) is 1. The molecule has 0 atom stereocenters. The first kappa shape index (κ1) is 20.1. The Bertz CT molecular complexity index is 742. The van der Waals surface area contributed by atoms with E-state index in [1.54, 1.807) is 12.4 Å². The molecule has 0 unspecified atom stereocenters. The van der Waals surface area contributed by atoms with Crippen molar-refractivity contribution in [1.82, 2.24) is 20.6 Å². The number of guanidine groups is 1. The first-order valence-corrected chi connectivity index (χ1v) is 10.3. The topological polar surface area (TPSA) is 71.4 Å². The minimum Gasteiger partial charge on any atom is -0.474 e. The van der Waals surface area contributed by atoms with Gasteiger partial charge in [-0.3, -0.25) is 4.98 Å². The van der Waals surface area contributed by atoms with Crippen LogP contribution in [0.2, 0.25) is 0 Å². The van der Waals surface area contributed by atoms with E-state index in [0.717, 1.165) is 42.5 Å². The highest BCUT2D eigenvalue weighted by Crippen LogP contribution is 2.26. The smallest absolute Gasteiger partial charge is 0.213 e. The molecule has 0 bridgehead atoms. The van der Waals surface area contributed by atoms with Gasteiger partial charge < -0.3 is 15.4 Å². The Kier molecular flexibility index (Phi) is 7.64. The minimum atomic E-state index is 0.291. The van der Waals surface area contributed by atoms with Gasteiger partial charge in [0.25, 0.3) is 0 Å². The second kappa shape index (κ2) is 10.6. The molecule has 0 radical (unpaired) electrons. The molecule has 0 aliphatic heterocycles. The van der Waals surface area contributed by atoms with Crippen LogP contribution in [0.15, 0.2) is 47.7 Å². The average Bonchev–Trinajstić information content (AvgIpc) is 2.73. The second-order valence-corrected chi connectivity index (χ2v) is 7.37. The van der Waals surface area contributed by atoms with Gasteiger partial charge in [-0.2, -0.15) is 0 Å². The van der Waals surface area contributed by atoms with E-state index in [9.17, 15) is 0 Å². The van der Waals surface area contributed by atoms with Gasteiger partial charge in [0.05, 0.1) is 18.8 Å². The number of aliphatic imine (C=N–C) groups is 1. The third-order valence-electron chi connectivity index (χ3n) is 4.98. The first-order valence-electron chi connectivity index (χ1n) is 10.3. The number of hydrogen-bond donors (Lipinski definition) is 2. The Morgan fingerprint density at radius 3 is 2.71 bits per heavy atom. The van der Waals surface area contributed by atoms with E-state index in [4.69, 9.17) is 4.74 Å². The summed E-state index contributed by atoms with van der Waals surface area (Å²) in [6.45, 7) is 6.38. The van der Waals surface area contributed by atoms with Gasteiger partial charge in [-0.15, -0.1) is 0 Å². The van der Waals surface area contributed by atoms with Gasteiger partial charge in [0.15, 0.2) is 5.96 Å². The van der Waals surface area contributed by atoms with Crippen LogP contribution in [-0.2, 0) is 13.1 Å². The van der Waals surface area contributed by atoms with Gasteiger partial charge in [0, 0.05) is 25.0 Å². The Morgan fingerprint density at radius 1 is 1.11 bits per heavy atom. The van der Waals surface area contributed by atoms with Gasteiger partial charge in [-0.1, -0.05) is 13.0 Å². The fourth-order valence-electron chi connectivity index (χ4n) is 3.32. The van der Waals surface area contributed by atoms with Crippen LogP contribution in [0.4, 0.5) is 0 Å². The molecule has 6 nitrogen and oxygen atoms in total. The summed E-state index contributed by atoms with van der Waals surface area (Å²) in [6, 6.07) is 9.89. The van der Waals surface area contributed by atoms with Crippen molar-refractivity contribution in [2.24, 2.45) is 10.9 Å². The highest BCUT2D eigenvalue weighted by atomic mass is 16.5. The molecule has 1 aliphatic carbocycles. The van der Waals surface area contributed by atoms with Crippen molar-refractivity contribution in [3.8, 4) is 5.88 Å². The van der Waals surface area contributed by atoms with Crippen LogP contribution >= 0.6 is 0 Å². The van der Waals surface area contributed by atoms with Gasteiger partial charge in [-0.25, -0.2) is 9.98 Å². The van der Waals surface area contributed by atoms with Crippen molar-refractivity contribution in [3.05, 3.63) is 54.0 Å². The van der Waals surface area contributed by atoms with Gasteiger partial charge in [-0.05, 0) is 62.3 Å². The molecule has 1 fully saturated rings. The van der Waals surface area contributed by atoms with Crippen LogP contribution in [0, 0.1) is 5.92 Å². The molecule has 2 heterocycles. The molecule has 2 aromatic heterocycles. The summed E-state index contributed by atoms with van der Waals surface area (Å²) in [4.78, 5) is 13.4. The van der Waals surface area contributed by atoms with Crippen LogP contribution in [0.3, 0.4) is 0 Å². The number of hydrogen-bond acceptors (Lipinski definition) is 4. The lowest BCUT2D eigenvalue weighted by molar-refractivity contribution is 0.130. The Morgan fingerprint density at radius 2 is 1.96 bits per heavy atom. The Balaban J connectivity index is 1.56. The zero-order chi connectivity index (χ0) is 19.6. The Hall–Kier alpha value is -2.63. The molecule has 150 valence electrons. The zero-order valence-corrected chi connectivity index (χ0v) is 16.9. The molecular formula is C22H31N5O. The predicted molar refractivity (Wildman–Crippen MR) is 112 cm³/mol. The van der Waals surface area contributed by atoms with Crippen molar-refractivity contribution in [1.29, 1.82) is 0 Å². The molecule has 0 saturated heterocycles. The van der Waals surface area contributed by atoms with E-state index in [1.807, 2.05) is 30.3 Å². The largest absolute Gasteiger partial charge is 0.474 e. The SMILES string of the molecule is CCNC(=NCc1ccnc(OC2CCC(C)CC2)c1)NCc1ccccn1. The standard InChI is InChI=1S/C22H31N5O/c1-3-23-22(27-16-19-6-4-5-12-24-19)26-15-18-11-13-25-21(14-18)28-20-9-7-17(2)8-10-20/h4-6,11-14,17,20H,3,7-10,15-16H2,1-2H3,(H2,23,26,27). The number of rotatable bonds is 7. The van der Waals surface area contributed by atoms with Crippen molar-refractivity contribution in [3.63, 3.8) is 0 Å². The molecular weight excluding hydrogens is 350 g/mol. The molecule has 2 N–H and O–H groups in total. The van der Waals surface area contributed by atoms with Crippen molar-refractivity contribution >= 4 is 5.96 Å². The highest BCUT2D eigenvalue weighted by molar-refractivity contribution is 5.79. The molecule has 0 amide bonds. The third-order valence-corrected chi connectivity index (χ3v) is 4.98. The molecule has 1 saturated carbocycles. The Labute approximate surface area is 167 Å². The summed E-state index contributed by atoms with van der Waals surface area (Å²) in [5, 5.41) is 6.59. The molecule has 28 heavy (non-hydrogen) atoms. The predicted octanol–water partition coefficient (Wildman–Crippen LogP) is 3.69. The highest BCUT2D eigenvalue weighted by Gasteiger charge is 2.19. The summed E-state index contributed by atoms with van der Waals surface area (Å²) >= 11 is 0. The van der Waals surface area contributed by atoms with E-state index in [2.05, 4.69) is 39.4 Å². The van der Waals surface area contributed by atoms with Crippen LogP contribution in [0.5, 0.6) is 5.88 Å². The van der Waals surface area contributed by atoms with E-state index < -0.39 is 0 Å². The fourth-order valence-corrected chi connectivity index (χ4v) is 3.32. The lowest BCUT2D eigenvalue weighted by atomic mass is 9.89. The quantitative estimate of drug-likeness (QED) is 0.565. The number of aromatic nitrogens is 2. The van der Waals surface area contributed by atoms with E-state index in [0.29, 0.717) is 25.1 Å². The number of nitrogens with zero attached hydrogens (tertiary/aromatic N) is 3. The summed E-state index contributed by atoms with van der Waals surface area (Å²) in [6.07, 6.45) is 8.61. The summed E-state index contributed by atoms with van der Waals surface area (Å²) in [5.41, 5.74) is 2.07. The molecule has 3 rings (SSSR count). The van der Waals surface area contributed by atoms with Crippen LogP contribution in [-0.4, -0.2) is 28.6 Å². The zero-order valence-electron chi connectivity index (χ0n) is 16.9. The monoisotopic (exact) mass is 381 g/mol. The third kappa shape index (κ3) is 6.51. The van der Waals surface area contributed by atoms with E-state index >= 15 is 0 Å².